The first-order valence-electron chi connectivity index (χ1n) is 6.82. The summed E-state index contributed by atoms with van der Waals surface area (Å²) in [6.07, 6.45) is 7.80. The van der Waals surface area contributed by atoms with E-state index in [9.17, 15) is 4.79 Å². The molecular formula is C14H27N3O. The second-order valence-electron chi connectivity index (χ2n) is 4.38. The Morgan fingerprint density at radius 2 is 2.00 bits per heavy atom. The van der Waals surface area contributed by atoms with Crippen molar-refractivity contribution in [3.05, 3.63) is 0 Å². The van der Waals surface area contributed by atoms with Crippen LogP contribution in [0.2, 0.25) is 0 Å². The summed E-state index contributed by atoms with van der Waals surface area (Å²) in [7, 11) is 0. The summed E-state index contributed by atoms with van der Waals surface area (Å²) in [6.45, 7) is 7.95. The lowest BCUT2D eigenvalue weighted by molar-refractivity contribution is -0.131. The van der Waals surface area contributed by atoms with Crippen molar-refractivity contribution in [3.63, 3.8) is 0 Å². The number of nitrogens with zero attached hydrogens (tertiary/aromatic N) is 1. The summed E-state index contributed by atoms with van der Waals surface area (Å²) in [6, 6.07) is -0.0289. The van der Waals surface area contributed by atoms with Gasteiger partial charge in [-0.3, -0.25) is 10.1 Å². The molecule has 0 bridgehead atoms. The minimum absolute atomic E-state index is 0.00746. The van der Waals surface area contributed by atoms with Crippen LogP contribution in [0.25, 0.3) is 0 Å². The van der Waals surface area contributed by atoms with E-state index in [2.05, 4.69) is 18.2 Å². The molecule has 0 saturated heterocycles. The number of carbonyl (C=O) groups is 1. The van der Waals surface area contributed by atoms with Crippen molar-refractivity contribution in [1.29, 1.82) is 0 Å². The van der Waals surface area contributed by atoms with Crippen molar-refractivity contribution in [3.8, 4) is 12.3 Å². The molecule has 0 fully saturated rings. The molecule has 2 unspecified atom stereocenters. The van der Waals surface area contributed by atoms with Gasteiger partial charge in [0.05, 0.1) is 6.04 Å². The fourth-order valence-corrected chi connectivity index (χ4v) is 1.91. The maximum Gasteiger partial charge on any atom is 0.224 e. The topological polar surface area (TPSA) is 58.4 Å². The highest BCUT2D eigenvalue weighted by molar-refractivity contribution is 5.76. The van der Waals surface area contributed by atoms with E-state index in [0.29, 0.717) is 13.0 Å². The van der Waals surface area contributed by atoms with Crippen LogP contribution in [0.3, 0.4) is 0 Å². The van der Waals surface area contributed by atoms with E-state index in [0.717, 1.165) is 25.9 Å². The SMILES string of the molecule is C#CC(CCC)NC(CN)CC(=O)N(CC)CC. The molecule has 1 amide bonds. The van der Waals surface area contributed by atoms with Crippen LogP contribution >= 0.6 is 0 Å². The molecule has 0 aliphatic heterocycles. The third-order valence-corrected chi connectivity index (χ3v) is 3.04. The predicted molar refractivity (Wildman–Crippen MR) is 76.1 cm³/mol. The average molecular weight is 253 g/mol. The Morgan fingerprint density at radius 3 is 2.39 bits per heavy atom. The zero-order valence-electron chi connectivity index (χ0n) is 11.9. The van der Waals surface area contributed by atoms with Crippen molar-refractivity contribution in [2.75, 3.05) is 19.6 Å². The van der Waals surface area contributed by atoms with Gasteiger partial charge >= 0.3 is 0 Å². The van der Waals surface area contributed by atoms with E-state index in [-0.39, 0.29) is 18.0 Å². The number of nitrogens with one attached hydrogen (secondary N) is 1. The van der Waals surface area contributed by atoms with Gasteiger partial charge in [0.25, 0.3) is 0 Å². The first kappa shape index (κ1) is 16.9. The van der Waals surface area contributed by atoms with Crippen LogP contribution in [-0.2, 0) is 4.79 Å². The van der Waals surface area contributed by atoms with Gasteiger partial charge in [-0.1, -0.05) is 19.3 Å². The summed E-state index contributed by atoms with van der Waals surface area (Å²) in [4.78, 5) is 13.8. The van der Waals surface area contributed by atoms with E-state index in [1.165, 1.54) is 0 Å². The fraction of sp³-hybridized carbons (Fsp3) is 0.786. The largest absolute Gasteiger partial charge is 0.343 e. The molecule has 2 atom stereocenters. The number of carbonyl (C=O) groups excluding carboxylic acids is 1. The summed E-state index contributed by atoms with van der Waals surface area (Å²) in [5, 5.41) is 3.28. The van der Waals surface area contributed by atoms with Crippen LogP contribution < -0.4 is 11.1 Å². The van der Waals surface area contributed by atoms with Gasteiger partial charge in [0.2, 0.25) is 5.91 Å². The third kappa shape index (κ3) is 6.04. The van der Waals surface area contributed by atoms with Gasteiger partial charge in [-0.15, -0.1) is 6.42 Å². The monoisotopic (exact) mass is 253 g/mol. The van der Waals surface area contributed by atoms with Crippen molar-refractivity contribution in [2.24, 2.45) is 5.73 Å². The molecule has 0 saturated carbocycles. The van der Waals surface area contributed by atoms with Crippen LogP contribution in [-0.4, -0.2) is 42.5 Å². The molecule has 4 nitrogen and oxygen atoms in total. The van der Waals surface area contributed by atoms with Crippen LogP contribution in [0.1, 0.15) is 40.0 Å². The quantitative estimate of drug-likeness (QED) is 0.602. The lowest BCUT2D eigenvalue weighted by atomic mass is 10.1. The first-order chi connectivity index (χ1) is 8.62. The smallest absolute Gasteiger partial charge is 0.224 e. The summed E-state index contributed by atoms with van der Waals surface area (Å²) in [5.74, 6) is 2.84. The minimum atomic E-state index is -0.0364. The van der Waals surface area contributed by atoms with Crippen LogP contribution in [0, 0.1) is 12.3 Å². The third-order valence-electron chi connectivity index (χ3n) is 3.04. The minimum Gasteiger partial charge on any atom is -0.343 e. The number of terminal acetylenes is 1. The van der Waals surface area contributed by atoms with Gasteiger partial charge in [-0.05, 0) is 20.3 Å². The molecule has 0 aromatic heterocycles. The maximum absolute atomic E-state index is 12.0. The van der Waals surface area contributed by atoms with Gasteiger partial charge in [0, 0.05) is 32.1 Å². The van der Waals surface area contributed by atoms with Gasteiger partial charge in [-0.2, -0.15) is 0 Å². The maximum atomic E-state index is 12.0. The zero-order valence-corrected chi connectivity index (χ0v) is 11.9. The van der Waals surface area contributed by atoms with E-state index < -0.39 is 0 Å². The highest BCUT2D eigenvalue weighted by Crippen LogP contribution is 2.02. The molecule has 0 aromatic rings. The molecule has 0 spiro atoms. The van der Waals surface area contributed by atoms with Gasteiger partial charge < -0.3 is 10.6 Å². The van der Waals surface area contributed by atoms with Gasteiger partial charge in [0.1, 0.15) is 0 Å². The molecule has 0 aromatic carbocycles. The highest BCUT2D eigenvalue weighted by Gasteiger charge is 2.18. The number of nitrogens with two attached hydrogens (primary N) is 1. The predicted octanol–water partition coefficient (Wildman–Crippen LogP) is 0.964. The normalized spacial score (nSPS) is 13.7. The molecule has 4 heteroatoms. The van der Waals surface area contributed by atoms with E-state index in [1.54, 1.807) is 0 Å². The van der Waals surface area contributed by atoms with Crippen molar-refractivity contribution in [2.45, 2.75) is 52.1 Å². The molecule has 18 heavy (non-hydrogen) atoms. The van der Waals surface area contributed by atoms with Crippen molar-refractivity contribution < 1.29 is 4.79 Å². The number of hydrogen-bond acceptors (Lipinski definition) is 3. The van der Waals surface area contributed by atoms with Gasteiger partial charge in [0.15, 0.2) is 0 Å². The Bertz CT molecular complexity index is 269. The van der Waals surface area contributed by atoms with Crippen LogP contribution in [0.5, 0.6) is 0 Å². The number of amides is 1. The van der Waals surface area contributed by atoms with E-state index in [1.807, 2.05) is 18.7 Å². The fourth-order valence-electron chi connectivity index (χ4n) is 1.91. The second kappa shape index (κ2) is 9.93. The van der Waals surface area contributed by atoms with Crippen LogP contribution in [0.15, 0.2) is 0 Å². The standard InChI is InChI=1S/C14H27N3O/c1-5-9-12(6-2)16-13(11-15)10-14(18)17(7-3)8-4/h2,12-13,16H,5,7-11,15H2,1,3-4H3. The Hall–Kier alpha value is -1.05. The molecule has 0 radical (unpaired) electrons. The molecule has 3 N–H and O–H groups in total. The molecule has 0 aliphatic rings. The number of hydrogen-bond donors (Lipinski definition) is 2. The van der Waals surface area contributed by atoms with Gasteiger partial charge in [-0.25, -0.2) is 0 Å². The van der Waals surface area contributed by atoms with Crippen molar-refractivity contribution in [1.82, 2.24) is 10.2 Å². The Labute approximate surface area is 111 Å². The first-order valence-corrected chi connectivity index (χ1v) is 6.82. The lowest BCUT2D eigenvalue weighted by Gasteiger charge is -2.24. The molecule has 0 heterocycles. The Morgan fingerprint density at radius 1 is 1.39 bits per heavy atom. The summed E-state index contributed by atoms with van der Waals surface area (Å²) >= 11 is 0. The Kier molecular flexibility index (Phi) is 9.35. The summed E-state index contributed by atoms with van der Waals surface area (Å²) < 4.78 is 0. The summed E-state index contributed by atoms with van der Waals surface area (Å²) in [5.41, 5.74) is 5.70. The molecular weight excluding hydrogens is 226 g/mol. The highest BCUT2D eigenvalue weighted by atomic mass is 16.2. The molecule has 0 aliphatic carbocycles. The Balaban J connectivity index is 4.34. The van der Waals surface area contributed by atoms with Crippen molar-refractivity contribution >= 4 is 5.91 Å². The second-order valence-corrected chi connectivity index (χ2v) is 4.38. The van der Waals surface area contributed by atoms with E-state index in [4.69, 9.17) is 12.2 Å². The number of rotatable bonds is 9. The lowest BCUT2D eigenvalue weighted by Crippen LogP contribution is -2.45. The zero-order chi connectivity index (χ0) is 14.0. The van der Waals surface area contributed by atoms with Crippen LogP contribution in [0.4, 0.5) is 0 Å². The van der Waals surface area contributed by atoms with E-state index >= 15 is 0 Å². The average Bonchev–Trinajstić information content (AvgIpc) is 2.38. The molecule has 104 valence electrons. The molecule has 0 rings (SSSR count).